The Bertz CT molecular complexity index is 795. The Morgan fingerprint density at radius 3 is 2.44 bits per heavy atom. The van der Waals surface area contributed by atoms with Gasteiger partial charge in [-0.25, -0.2) is 0 Å². The lowest BCUT2D eigenvalue weighted by molar-refractivity contribution is -0.116. The van der Waals surface area contributed by atoms with E-state index in [-0.39, 0.29) is 17.9 Å². The van der Waals surface area contributed by atoms with Crippen LogP contribution in [-0.2, 0) is 27.5 Å². The van der Waals surface area contributed by atoms with Crippen molar-refractivity contribution in [2.45, 2.75) is 40.0 Å². The molecule has 0 radical (unpaired) electrons. The van der Waals surface area contributed by atoms with Gasteiger partial charge < -0.3 is 15.4 Å². The Morgan fingerprint density at radius 2 is 1.78 bits per heavy atom. The Balaban J connectivity index is 1.84. The molecule has 0 spiro atoms. The number of rotatable bonds is 8. The van der Waals surface area contributed by atoms with Crippen LogP contribution in [0.2, 0.25) is 0 Å². The molecule has 2 aromatic rings. The molecule has 5 heteroatoms. The number of carbonyl (C=O) groups excluding carboxylic acids is 2. The predicted octanol–water partition coefficient (Wildman–Crippen LogP) is 3.90. The van der Waals surface area contributed by atoms with Crippen LogP contribution in [0.5, 0.6) is 0 Å². The van der Waals surface area contributed by atoms with Gasteiger partial charge in [0.2, 0.25) is 11.8 Å². The number of benzene rings is 2. The lowest BCUT2D eigenvalue weighted by Gasteiger charge is -2.09. The van der Waals surface area contributed by atoms with E-state index >= 15 is 0 Å². The number of amides is 2. The largest absolute Gasteiger partial charge is 0.374 e. The molecule has 2 aromatic carbocycles. The number of carbonyl (C=O) groups is 2. The van der Waals surface area contributed by atoms with Crippen LogP contribution in [0.1, 0.15) is 37.5 Å². The van der Waals surface area contributed by atoms with Crippen molar-refractivity contribution in [3.63, 3.8) is 0 Å². The summed E-state index contributed by atoms with van der Waals surface area (Å²) in [6.45, 7) is 6.49. The van der Waals surface area contributed by atoms with Crippen molar-refractivity contribution in [1.82, 2.24) is 5.32 Å². The van der Waals surface area contributed by atoms with Crippen molar-refractivity contribution >= 4 is 23.6 Å². The molecule has 0 unspecified atom stereocenters. The summed E-state index contributed by atoms with van der Waals surface area (Å²) < 4.78 is 5.60. The molecule has 2 amide bonds. The fourth-order valence-electron chi connectivity index (χ4n) is 2.39. The molecule has 0 aliphatic rings. The van der Waals surface area contributed by atoms with Crippen LogP contribution in [0.25, 0.3) is 6.08 Å². The van der Waals surface area contributed by atoms with Crippen molar-refractivity contribution < 1.29 is 14.3 Å². The third-order valence-electron chi connectivity index (χ3n) is 3.70. The number of anilines is 1. The zero-order valence-corrected chi connectivity index (χ0v) is 16.0. The van der Waals surface area contributed by atoms with Crippen molar-refractivity contribution in [3.8, 4) is 0 Å². The summed E-state index contributed by atoms with van der Waals surface area (Å²) >= 11 is 0. The fourth-order valence-corrected chi connectivity index (χ4v) is 2.39. The molecule has 2 rings (SSSR count). The maximum atomic E-state index is 12.0. The maximum Gasteiger partial charge on any atom is 0.244 e. The smallest absolute Gasteiger partial charge is 0.244 e. The van der Waals surface area contributed by atoms with Crippen LogP contribution >= 0.6 is 0 Å². The van der Waals surface area contributed by atoms with Gasteiger partial charge in [0, 0.05) is 25.2 Å². The Labute approximate surface area is 160 Å². The highest BCUT2D eigenvalue weighted by atomic mass is 16.5. The van der Waals surface area contributed by atoms with E-state index in [0.29, 0.717) is 13.2 Å². The molecular weight excluding hydrogens is 340 g/mol. The molecule has 0 atom stereocenters. The van der Waals surface area contributed by atoms with Gasteiger partial charge >= 0.3 is 0 Å². The average Bonchev–Trinajstić information content (AvgIpc) is 2.64. The van der Waals surface area contributed by atoms with Gasteiger partial charge in [0.05, 0.1) is 12.7 Å². The first-order valence-electron chi connectivity index (χ1n) is 8.95. The Hall–Kier alpha value is -2.92. The standard InChI is InChI=1S/C22H26N2O3/c1-16(2)27-15-20-6-4-5-19(13-20)14-23-22(26)12-9-18-7-10-21(11-8-18)24-17(3)25/h4-13,16H,14-15H2,1-3H3,(H,23,26)(H,24,25). The number of hydrogen-bond donors (Lipinski definition) is 2. The second kappa shape index (κ2) is 10.3. The number of nitrogens with one attached hydrogen (secondary N) is 2. The molecule has 27 heavy (non-hydrogen) atoms. The maximum absolute atomic E-state index is 12.0. The van der Waals surface area contributed by atoms with Crippen molar-refractivity contribution in [2.75, 3.05) is 5.32 Å². The van der Waals surface area contributed by atoms with E-state index in [0.717, 1.165) is 22.4 Å². The molecule has 0 heterocycles. The molecular formula is C22H26N2O3. The summed E-state index contributed by atoms with van der Waals surface area (Å²) in [4.78, 5) is 23.0. The molecule has 0 aromatic heterocycles. The van der Waals surface area contributed by atoms with E-state index in [4.69, 9.17) is 4.74 Å². The van der Waals surface area contributed by atoms with Gasteiger partial charge in [0.1, 0.15) is 0 Å². The quantitative estimate of drug-likeness (QED) is 0.696. The summed E-state index contributed by atoms with van der Waals surface area (Å²) in [6, 6.07) is 15.3. The second-order valence-electron chi connectivity index (χ2n) is 6.53. The van der Waals surface area contributed by atoms with E-state index in [2.05, 4.69) is 10.6 Å². The van der Waals surface area contributed by atoms with Crippen molar-refractivity contribution in [2.24, 2.45) is 0 Å². The van der Waals surface area contributed by atoms with Crippen LogP contribution in [0.4, 0.5) is 5.69 Å². The Kier molecular flexibility index (Phi) is 7.77. The molecule has 0 aliphatic heterocycles. The minimum atomic E-state index is -0.162. The van der Waals surface area contributed by atoms with Crippen molar-refractivity contribution in [1.29, 1.82) is 0 Å². The third-order valence-corrected chi connectivity index (χ3v) is 3.70. The van der Waals surface area contributed by atoms with Crippen LogP contribution in [-0.4, -0.2) is 17.9 Å². The molecule has 2 N–H and O–H groups in total. The van der Waals surface area contributed by atoms with E-state index < -0.39 is 0 Å². The molecule has 0 bridgehead atoms. The van der Waals surface area contributed by atoms with E-state index in [1.807, 2.05) is 50.2 Å². The topological polar surface area (TPSA) is 67.4 Å². The predicted molar refractivity (Wildman–Crippen MR) is 108 cm³/mol. The summed E-state index contributed by atoms with van der Waals surface area (Å²) in [5, 5.41) is 5.58. The minimum absolute atomic E-state index is 0.113. The summed E-state index contributed by atoms with van der Waals surface area (Å²) in [7, 11) is 0. The van der Waals surface area contributed by atoms with Crippen molar-refractivity contribution in [3.05, 3.63) is 71.3 Å². The zero-order chi connectivity index (χ0) is 19.6. The van der Waals surface area contributed by atoms with Gasteiger partial charge in [-0.05, 0) is 48.7 Å². The zero-order valence-electron chi connectivity index (χ0n) is 16.0. The van der Waals surface area contributed by atoms with Gasteiger partial charge in [-0.1, -0.05) is 36.4 Å². The summed E-state index contributed by atoms with van der Waals surface area (Å²) in [5.41, 5.74) is 3.73. The van der Waals surface area contributed by atoms with E-state index in [9.17, 15) is 9.59 Å². The monoisotopic (exact) mass is 366 g/mol. The van der Waals surface area contributed by atoms with E-state index in [1.165, 1.54) is 13.0 Å². The molecule has 0 fully saturated rings. The first-order valence-corrected chi connectivity index (χ1v) is 8.95. The lowest BCUT2D eigenvalue weighted by Crippen LogP contribution is -2.20. The van der Waals surface area contributed by atoms with Crippen LogP contribution in [0.3, 0.4) is 0 Å². The number of ether oxygens (including phenoxy) is 1. The SMILES string of the molecule is CC(=O)Nc1ccc(C=CC(=O)NCc2cccc(COC(C)C)c2)cc1. The van der Waals surface area contributed by atoms with Gasteiger partial charge in [-0.3, -0.25) is 9.59 Å². The Morgan fingerprint density at radius 1 is 1.07 bits per heavy atom. The number of hydrogen-bond acceptors (Lipinski definition) is 3. The van der Waals surface area contributed by atoms with Crippen LogP contribution in [0, 0.1) is 0 Å². The average molecular weight is 366 g/mol. The van der Waals surface area contributed by atoms with Crippen LogP contribution in [0.15, 0.2) is 54.6 Å². The summed E-state index contributed by atoms with van der Waals surface area (Å²) in [5.74, 6) is -0.276. The molecule has 5 nitrogen and oxygen atoms in total. The van der Waals surface area contributed by atoms with Gasteiger partial charge in [0.15, 0.2) is 0 Å². The first-order chi connectivity index (χ1) is 12.9. The van der Waals surface area contributed by atoms with E-state index in [1.54, 1.807) is 18.2 Å². The van der Waals surface area contributed by atoms with Gasteiger partial charge in [-0.2, -0.15) is 0 Å². The highest BCUT2D eigenvalue weighted by Gasteiger charge is 2.01. The highest BCUT2D eigenvalue weighted by Crippen LogP contribution is 2.11. The molecule has 142 valence electrons. The third kappa shape index (κ3) is 7.88. The van der Waals surface area contributed by atoms with Crippen LogP contribution < -0.4 is 10.6 Å². The normalized spacial score (nSPS) is 11.0. The molecule has 0 saturated carbocycles. The van der Waals surface area contributed by atoms with Gasteiger partial charge in [-0.15, -0.1) is 0 Å². The lowest BCUT2D eigenvalue weighted by atomic mass is 10.1. The molecule has 0 aliphatic carbocycles. The minimum Gasteiger partial charge on any atom is -0.374 e. The van der Waals surface area contributed by atoms with Gasteiger partial charge in [0.25, 0.3) is 0 Å². The second-order valence-corrected chi connectivity index (χ2v) is 6.53. The first kappa shape index (κ1) is 20.4. The summed E-state index contributed by atoms with van der Waals surface area (Å²) in [6.07, 6.45) is 3.42. The molecule has 0 saturated heterocycles. The highest BCUT2D eigenvalue weighted by molar-refractivity contribution is 5.92. The fraction of sp³-hybridized carbons (Fsp3) is 0.273.